The van der Waals surface area contributed by atoms with Crippen LogP contribution in [0, 0.1) is 16.7 Å². The van der Waals surface area contributed by atoms with E-state index >= 15 is 0 Å². The minimum Gasteiger partial charge on any atom is -0.344 e. The van der Waals surface area contributed by atoms with E-state index in [4.69, 9.17) is 10.7 Å². The summed E-state index contributed by atoms with van der Waals surface area (Å²) < 4.78 is 0. The molecule has 1 atom stereocenters. The topological polar surface area (TPSA) is 74.9 Å². The summed E-state index contributed by atoms with van der Waals surface area (Å²) in [5, 5.41) is 21.3. The molecule has 0 saturated carbocycles. The number of hydrogen-bond donors (Lipinski definition) is 3. The van der Waals surface area contributed by atoms with Gasteiger partial charge in [0.15, 0.2) is 0 Å². The lowest BCUT2D eigenvalue weighted by atomic mass is 10.1. The molecule has 0 saturated heterocycles. The number of nitrogens with one attached hydrogen (secondary N) is 3. The predicted molar refractivity (Wildman–Crippen MR) is 51.7 cm³/mol. The third-order valence-corrected chi connectivity index (χ3v) is 2.16. The normalized spacial score (nSPS) is 30.1. The number of nitrogens with zero attached hydrogens (tertiary/aromatic N) is 2. The zero-order valence-electron chi connectivity index (χ0n) is 8.05. The molecule has 0 fully saturated rings. The van der Waals surface area contributed by atoms with Crippen LogP contribution in [0.2, 0.25) is 0 Å². The maximum absolute atomic E-state index is 8.93. The summed E-state index contributed by atoms with van der Waals surface area (Å²) in [6.45, 7) is 3.65. The molecule has 0 bridgehead atoms. The average molecular weight is 189 g/mol. The molecule has 0 spiro atoms. The third kappa shape index (κ3) is 1.17. The molecule has 0 radical (unpaired) electrons. The van der Waals surface area contributed by atoms with Crippen molar-refractivity contribution >= 4 is 5.84 Å². The summed E-state index contributed by atoms with van der Waals surface area (Å²) in [5.74, 6) is 1.09. The summed E-state index contributed by atoms with van der Waals surface area (Å²) in [4.78, 5) is 0. The Morgan fingerprint density at radius 1 is 1.64 bits per heavy atom. The number of rotatable bonds is 0. The Kier molecular flexibility index (Phi) is 1.63. The van der Waals surface area contributed by atoms with Crippen LogP contribution in [0.5, 0.6) is 0 Å². The molecule has 5 heteroatoms. The van der Waals surface area contributed by atoms with E-state index in [2.05, 4.69) is 16.8 Å². The smallest absolute Gasteiger partial charge is 0.143 e. The van der Waals surface area contributed by atoms with E-state index in [-0.39, 0.29) is 0 Å². The second kappa shape index (κ2) is 2.59. The number of allylic oxidation sites excluding steroid dienone is 1. The van der Waals surface area contributed by atoms with E-state index in [1.807, 2.05) is 6.92 Å². The van der Waals surface area contributed by atoms with Gasteiger partial charge in [-0.2, -0.15) is 5.26 Å². The number of nitriles is 1. The van der Waals surface area contributed by atoms with Crippen LogP contribution in [0.3, 0.4) is 0 Å². The largest absolute Gasteiger partial charge is 0.344 e. The lowest BCUT2D eigenvalue weighted by Gasteiger charge is -2.28. The van der Waals surface area contributed by atoms with Crippen molar-refractivity contribution < 1.29 is 0 Å². The highest BCUT2D eigenvalue weighted by molar-refractivity contribution is 5.93. The zero-order valence-corrected chi connectivity index (χ0v) is 8.05. The highest BCUT2D eigenvalue weighted by Crippen LogP contribution is 2.22. The van der Waals surface area contributed by atoms with Gasteiger partial charge in [-0.25, -0.2) is 10.4 Å². The van der Waals surface area contributed by atoms with Crippen molar-refractivity contribution in [3.63, 3.8) is 0 Å². The van der Waals surface area contributed by atoms with Crippen molar-refractivity contribution in [1.82, 2.24) is 15.8 Å². The quantitative estimate of drug-likeness (QED) is 0.516. The lowest BCUT2D eigenvalue weighted by Crippen LogP contribution is -2.49. The van der Waals surface area contributed by atoms with Crippen LogP contribution in [0.4, 0.5) is 0 Å². The molecular weight excluding hydrogens is 178 g/mol. The standard InChI is InChI=1S/C9H11N5/c1-6-3-7(11)14-8(12-6)4-9(2,5-10)13-14/h3-4,11-13H,1-2H3. The maximum Gasteiger partial charge on any atom is 0.143 e. The fourth-order valence-corrected chi connectivity index (χ4v) is 1.51. The summed E-state index contributed by atoms with van der Waals surface area (Å²) in [6.07, 6.45) is 3.48. The van der Waals surface area contributed by atoms with Gasteiger partial charge in [0.25, 0.3) is 0 Å². The molecule has 0 aromatic carbocycles. The molecule has 14 heavy (non-hydrogen) atoms. The van der Waals surface area contributed by atoms with E-state index in [0.29, 0.717) is 5.84 Å². The Bertz CT molecular complexity index is 400. The van der Waals surface area contributed by atoms with Crippen molar-refractivity contribution in [2.45, 2.75) is 19.4 Å². The molecule has 72 valence electrons. The zero-order chi connectivity index (χ0) is 10.3. The molecule has 2 rings (SSSR count). The first-order valence-corrected chi connectivity index (χ1v) is 4.30. The van der Waals surface area contributed by atoms with Crippen molar-refractivity contribution in [2.75, 3.05) is 0 Å². The van der Waals surface area contributed by atoms with Gasteiger partial charge in [0.05, 0.1) is 6.07 Å². The first-order chi connectivity index (χ1) is 6.54. The predicted octanol–water partition coefficient (Wildman–Crippen LogP) is 0.415. The van der Waals surface area contributed by atoms with Crippen LogP contribution >= 0.6 is 0 Å². The molecule has 0 aromatic heterocycles. The van der Waals surface area contributed by atoms with Crippen molar-refractivity contribution in [2.24, 2.45) is 0 Å². The molecule has 0 amide bonds. The Labute approximate surface area is 82.2 Å². The summed E-state index contributed by atoms with van der Waals surface area (Å²) in [6, 6.07) is 2.14. The Balaban J connectivity index is 2.37. The van der Waals surface area contributed by atoms with E-state index in [1.54, 1.807) is 24.1 Å². The van der Waals surface area contributed by atoms with Crippen molar-refractivity contribution in [3.05, 3.63) is 23.7 Å². The fourth-order valence-electron chi connectivity index (χ4n) is 1.51. The average Bonchev–Trinajstić information content (AvgIpc) is 2.43. The summed E-state index contributed by atoms with van der Waals surface area (Å²) >= 11 is 0. The SMILES string of the molecule is CC1=CC(=N)N2NC(C)(C#N)C=C2N1. The monoisotopic (exact) mass is 189 g/mol. The van der Waals surface area contributed by atoms with Crippen LogP contribution in [0.25, 0.3) is 0 Å². The highest BCUT2D eigenvalue weighted by Gasteiger charge is 2.36. The molecule has 0 aliphatic carbocycles. The van der Waals surface area contributed by atoms with Gasteiger partial charge in [-0.15, -0.1) is 0 Å². The van der Waals surface area contributed by atoms with Gasteiger partial charge < -0.3 is 5.32 Å². The van der Waals surface area contributed by atoms with Crippen LogP contribution < -0.4 is 10.7 Å². The van der Waals surface area contributed by atoms with Gasteiger partial charge in [0.2, 0.25) is 0 Å². The Hall–Kier alpha value is -1.80. The number of amidine groups is 1. The molecule has 3 N–H and O–H groups in total. The van der Waals surface area contributed by atoms with Crippen LogP contribution in [0.15, 0.2) is 23.7 Å². The number of fused-ring (bicyclic) bond motifs is 1. The van der Waals surface area contributed by atoms with Crippen LogP contribution in [-0.2, 0) is 0 Å². The van der Waals surface area contributed by atoms with Gasteiger partial charge in [-0.05, 0) is 19.9 Å². The number of hydrazine groups is 1. The van der Waals surface area contributed by atoms with E-state index < -0.39 is 5.54 Å². The highest BCUT2D eigenvalue weighted by atomic mass is 15.6. The first kappa shape index (κ1) is 8.78. The molecule has 2 aliphatic heterocycles. The van der Waals surface area contributed by atoms with Crippen molar-refractivity contribution in [3.8, 4) is 6.07 Å². The van der Waals surface area contributed by atoms with Gasteiger partial charge >= 0.3 is 0 Å². The van der Waals surface area contributed by atoms with Gasteiger partial charge in [-0.1, -0.05) is 0 Å². The van der Waals surface area contributed by atoms with Gasteiger partial charge in [0.1, 0.15) is 17.2 Å². The van der Waals surface area contributed by atoms with E-state index in [0.717, 1.165) is 11.5 Å². The molecule has 0 aromatic rings. The van der Waals surface area contributed by atoms with E-state index in [1.165, 1.54) is 0 Å². The third-order valence-electron chi connectivity index (χ3n) is 2.16. The van der Waals surface area contributed by atoms with Gasteiger partial charge in [0, 0.05) is 11.8 Å². The lowest BCUT2D eigenvalue weighted by molar-refractivity contribution is 0.336. The van der Waals surface area contributed by atoms with Gasteiger partial charge in [-0.3, -0.25) is 5.41 Å². The van der Waals surface area contributed by atoms with E-state index in [9.17, 15) is 0 Å². The minimum absolute atomic E-state index is 0.339. The van der Waals surface area contributed by atoms with Crippen LogP contribution in [-0.4, -0.2) is 16.4 Å². The maximum atomic E-state index is 8.93. The molecule has 5 nitrogen and oxygen atoms in total. The molecular formula is C9H11N5. The summed E-state index contributed by atoms with van der Waals surface area (Å²) in [7, 11) is 0. The molecule has 2 aliphatic rings. The number of hydrogen-bond acceptors (Lipinski definition) is 4. The Morgan fingerprint density at radius 2 is 2.36 bits per heavy atom. The van der Waals surface area contributed by atoms with Crippen molar-refractivity contribution in [1.29, 1.82) is 10.7 Å². The second-order valence-electron chi connectivity index (χ2n) is 3.63. The van der Waals surface area contributed by atoms with Crippen LogP contribution in [0.1, 0.15) is 13.8 Å². The molecule has 2 heterocycles. The molecule has 1 unspecified atom stereocenters. The summed E-state index contributed by atoms with van der Waals surface area (Å²) in [5.41, 5.74) is 3.11. The Morgan fingerprint density at radius 3 is 3.00 bits per heavy atom. The minimum atomic E-state index is -0.729. The fraction of sp³-hybridized carbons (Fsp3) is 0.333. The first-order valence-electron chi connectivity index (χ1n) is 4.30. The second-order valence-corrected chi connectivity index (χ2v) is 3.63.